The fourth-order valence-corrected chi connectivity index (χ4v) is 2.51. The van der Waals surface area contributed by atoms with E-state index in [0.29, 0.717) is 11.3 Å². The number of nitrogens with one attached hydrogen (secondary N) is 1. The van der Waals surface area contributed by atoms with Crippen molar-refractivity contribution in [3.8, 4) is 0 Å². The van der Waals surface area contributed by atoms with Gasteiger partial charge < -0.3 is 15.1 Å². The van der Waals surface area contributed by atoms with Gasteiger partial charge in [0.05, 0.1) is 0 Å². The minimum Gasteiger partial charge on any atom is -0.333 e. The zero-order chi connectivity index (χ0) is 14.7. The number of carbonyl (C=O) groups excluding carboxylic acids is 2. The number of carbonyl (C=O) groups is 2. The molecule has 0 aromatic heterocycles. The van der Waals surface area contributed by atoms with Crippen molar-refractivity contribution in [2.75, 3.05) is 32.0 Å². The summed E-state index contributed by atoms with van der Waals surface area (Å²) in [4.78, 5) is 27.6. The SMILES string of the molecule is CC(=O)Nc1ccc(C(=O)N2CCN(C)CC2C)cc1. The van der Waals surface area contributed by atoms with Gasteiger partial charge in [0.15, 0.2) is 0 Å². The number of anilines is 1. The minimum atomic E-state index is -0.114. The fraction of sp³-hybridized carbons (Fsp3) is 0.467. The average molecular weight is 275 g/mol. The van der Waals surface area contributed by atoms with E-state index in [1.807, 2.05) is 4.90 Å². The number of hydrogen-bond acceptors (Lipinski definition) is 3. The molecule has 5 heteroatoms. The molecule has 0 radical (unpaired) electrons. The van der Waals surface area contributed by atoms with Crippen LogP contribution in [0.3, 0.4) is 0 Å². The molecule has 1 saturated heterocycles. The summed E-state index contributed by atoms with van der Waals surface area (Å²) in [5, 5.41) is 2.69. The van der Waals surface area contributed by atoms with Crippen LogP contribution in [0.25, 0.3) is 0 Å². The molecule has 1 aromatic carbocycles. The Morgan fingerprint density at radius 2 is 1.85 bits per heavy atom. The Morgan fingerprint density at radius 3 is 2.40 bits per heavy atom. The van der Waals surface area contributed by atoms with Crippen molar-refractivity contribution in [3.05, 3.63) is 29.8 Å². The van der Waals surface area contributed by atoms with Gasteiger partial charge in [-0.05, 0) is 38.2 Å². The molecule has 2 amide bonds. The van der Waals surface area contributed by atoms with E-state index in [9.17, 15) is 9.59 Å². The van der Waals surface area contributed by atoms with E-state index >= 15 is 0 Å². The van der Waals surface area contributed by atoms with Gasteiger partial charge in [0.25, 0.3) is 5.91 Å². The molecule has 1 N–H and O–H groups in total. The molecule has 1 atom stereocenters. The van der Waals surface area contributed by atoms with Gasteiger partial charge in [0, 0.05) is 43.9 Å². The number of nitrogens with zero attached hydrogens (tertiary/aromatic N) is 2. The van der Waals surface area contributed by atoms with E-state index in [-0.39, 0.29) is 17.9 Å². The first kappa shape index (κ1) is 14.5. The molecule has 1 heterocycles. The summed E-state index contributed by atoms with van der Waals surface area (Å²) in [5.74, 6) is -0.0586. The topological polar surface area (TPSA) is 52.7 Å². The first-order valence-electron chi connectivity index (χ1n) is 6.84. The third kappa shape index (κ3) is 3.36. The van der Waals surface area contributed by atoms with Crippen LogP contribution in [0, 0.1) is 0 Å². The first-order valence-corrected chi connectivity index (χ1v) is 6.84. The van der Waals surface area contributed by atoms with Crippen molar-refractivity contribution in [3.63, 3.8) is 0 Å². The van der Waals surface area contributed by atoms with Gasteiger partial charge in [-0.1, -0.05) is 0 Å². The molecule has 1 aliphatic heterocycles. The molecule has 1 unspecified atom stereocenters. The monoisotopic (exact) mass is 275 g/mol. The van der Waals surface area contributed by atoms with Crippen molar-refractivity contribution < 1.29 is 9.59 Å². The lowest BCUT2D eigenvalue weighted by molar-refractivity contribution is -0.114. The third-order valence-corrected chi connectivity index (χ3v) is 3.54. The third-order valence-electron chi connectivity index (χ3n) is 3.54. The summed E-state index contributed by atoms with van der Waals surface area (Å²) < 4.78 is 0. The molecule has 0 spiro atoms. The summed E-state index contributed by atoms with van der Waals surface area (Å²) in [6, 6.07) is 7.26. The molecule has 1 aromatic rings. The second-order valence-electron chi connectivity index (χ2n) is 5.37. The standard InChI is InChI=1S/C15H21N3O2/c1-11-10-17(3)8-9-18(11)15(20)13-4-6-14(7-5-13)16-12(2)19/h4-7,11H,8-10H2,1-3H3,(H,16,19). The van der Waals surface area contributed by atoms with Crippen LogP contribution in [0.15, 0.2) is 24.3 Å². The highest BCUT2D eigenvalue weighted by atomic mass is 16.2. The molecule has 0 aliphatic carbocycles. The van der Waals surface area contributed by atoms with Crippen molar-refractivity contribution in [2.24, 2.45) is 0 Å². The minimum absolute atomic E-state index is 0.0555. The number of likely N-dealkylation sites (N-methyl/N-ethyl adjacent to an activating group) is 1. The summed E-state index contributed by atoms with van der Waals surface area (Å²) >= 11 is 0. The molecular formula is C15H21N3O2. The van der Waals surface area contributed by atoms with Crippen LogP contribution in [-0.2, 0) is 4.79 Å². The number of piperazine rings is 1. The molecule has 5 nitrogen and oxygen atoms in total. The van der Waals surface area contributed by atoms with Crippen LogP contribution < -0.4 is 5.32 Å². The van der Waals surface area contributed by atoms with Gasteiger partial charge in [0.1, 0.15) is 0 Å². The van der Waals surface area contributed by atoms with Crippen LogP contribution >= 0.6 is 0 Å². The predicted molar refractivity (Wildman–Crippen MR) is 78.7 cm³/mol. The van der Waals surface area contributed by atoms with Crippen molar-refractivity contribution >= 4 is 17.5 Å². The predicted octanol–water partition coefficient (Wildman–Crippen LogP) is 1.42. The Balaban J connectivity index is 2.07. The van der Waals surface area contributed by atoms with E-state index in [2.05, 4.69) is 24.2 Å². The Hall–Kier alpha value is -1.88. The van der Waals surface area contributed by atoms with Crippen LogP contribution in [0.4, 0.5) is 5.69 Å². The van der Waals surface area contributed by atoms with E-state index in [1.165, 1.54) is 6.92 Å². The number of hydrogen-bond donors (Lipinski definition) is 1. The molecule has 2 rings (SSSR count). The van der Waals surface area contributed by atoms with E-state index in [0.717, 1.165) is 19.6 Å². The Labute approximate surface area is 119 Å². The van der Waals surface area contributed by atoms with Crippen molar-refractivity contribution in [2.45, 2.75) is 19.9 Å². The highest BCUT2D eigenvalue weighted by molar-refractivity contribution is 5.95. The number of amides is 2. The van der Waals surface area contributed by atoms with Crippen molar-refractivity contribution in [1.82, 2.24) is 9.80 Å². The van der Waals surface area contributed by atoms with Gasteiger partial charge in [-0.2, -0.15) is 0 Å². The quantitative estimate of drug-likeness (QED) is 0.888. The second kappa shape index (κ2) is 6.05. The molecule has 0 bridgehead atoms. The Kier molecular flexibility index (Phi) is 4.39. The largest absolute Gasteiger partial charge is 0.333 e. The van der Waals surface area contributed by atoms with E-state index in [4.69, 9.17) is 0 Å². The van der Waals surface area contributed by atoms with Crippen LogP contribution in [0.5, 0.6) is 0 Å². The maximum absolute atomic E-state index is 12.5. The lowest BCUT2D eigenvalue weighted by atomic mass is 10.1. The van der Waals surface area contributed by atoms with E-state index in [1.54, 1.807) is 24.3 Å². The van der Waals surface area contributed by atoms with Crippen LogP contribution in [-0.4, -0.2) is 54.3 Å². The Morgan fingerprint density at radius 1 is 1.20 bits per heavy atom. The summed E-state index contributed by atoms with van der Waals surface area (Å²) in [7, 11) is 2.07. The molecule has 1 aliphatic rings. The summed E-state index contributed by atoms with van der Waals surface area (Å²) in [6.07, 6.45) is 0. The average Bonchev–Trinajstić information content (AvgIpc) is 2.38. The van der Waals surface area contributed by atoms with Gasteiger partial charge in [-0.3, -0.25) is 9.59 Å². The fourth-order valence-electron chi connectivity index (χ4n) is 2.51. The first-order chi connectivity index (χ1) is 9.47. The molecule has 108 valence electrons. The van der Waals surface area contributed by atoms with Crippen LogP contribution in [0.1, 0.15) is 24.2 Å². The van der Waals surface area contributed by atoms with Gasteiger partial charge in [-0.25, -0.2) is 0 Å². The maximum Gasteiger partial charge on any atom is 0.254 e. The second-order valence-corrected chi connectivity index (χ2v) is 5.37. The zero-order valence-corrected chi connectivity index (χ0v) is 12.2. The molecule has 20 heavy (non-hydrogen) atoms. The van der Waals surface area contributed by atoms with Crippen molar-refractivity contribution in [1.29, 1.82) is 0 Å². The maximum atomic E-state index is 12.5. The molecule has 0 saturated carbocycles. The highest BCUT2D eigenvalue weighted by Crippen LogP contribution is 2.15. The number of rotatable bonds is 2. The highest BCUT2D eigenvalue weighted by Gasteiger charge is 2.26. The number of benzene rings is 1. The summed E-state index contributed by atoms with van der Waals surface area (Å²) in [6.45, 7) is 6.09. The van der Waals surface area contributed by atoms with Gasteiger partial charge >= 0.3 is 0 Å². The normalized spacial score (nSPS) is 19.8. The molecular weight excluding hydrogens is 254 g/mol. The van der Waals surface area contributed by atoms with E-state index < -0.39 is 0 Å². The molecule has 1 fully saturated rings. The summed E-state index contributed by atoms with van der Waals surface area (Å²) in [5.41, 5.74) is 1.37. The van der Waals surface area contributed by atoms with Gasteiger partial charge in [-0.15, -0.1) is 0 Å². The smallest absolute Gasteiger partial charge is 0.254 e. The Bertz CT molecular complexity index is 498. The lowest BCUT2D eigenvalue weighted by Gasteiger charge is -2.38. The van der Waals surface area contributed by atoms with Crippen LogP contribution in [0.2, 0.25) is 0 Å². The van der Waals surface area contributed by atoms with Gasteiger partial charge in [0.2, 0.25) is 5.91 Å². The lowest BCUT2D eigenvalue weighted by Crippen LogP contribution is -2.52. The zero-order valence-electron chi connectivity index (χ0n) is 12.2.